The summed E-state index contributed by atoms with van der Waals surface area (Å²) >= 11 is 1.61. The van der Waals surface area contributed by atoms with Crippen LogP contribution in [0.25, 0.3) is 0 Å². The van der Waals surface area contributed by atoms with E-state index in [-0.39, 0.29) is 11.8 Å². The van der Waals surface area contributed by atoms with Gasteiger partial charge in [0.1, 0.15) is 0 Å². The normalized spacial score (nSPS) is 13.0. The second-order valence-corrected chi connectivity index (χ2v) is 9.21. The van der Waals surface area contributed by atoms with Crippen LogP contribution in [0.15, 0.2) is 53.9 Å². The highest BCUT2D eigenvalue weighted by molar-refractivity contribution is 7.89. The van der Waals surface area contributed by atoms with E-state index in [1.54, 1.807) is 11.3 Å². The first-order valence-corrected chi connectivity index (χ1v) is 11.1. The fourth-order valence-electron chi connectivity index (χ4n) is 2.93. The molecule has 0 radical (unpaired) electrons. The lowest BCUT2D eigenvalue weighted by Crippen LogP contribution is -2.33. The van der Waals surface area contributed by atoms with Gasteiger partial charge in [-0.1, -0.05) is 36.4 Å². The summed E-state index contributed by atoms with van der Waals surface area (Å²) in [5.74, 6) is 0.0747. The van der Waals surface area contributed by atoms with Gasteiger partial charge >= 0.3 is 0 Å². The second-order valence-electron chi connectivity index (χ2n) is 6.31. The molecule has 5 nitrogen and oxygen atoms in total. The van der Waals surface area contributed by atoms with Crippen LogP contribution in [0.3, 0.4) is 0 Å². The number of nitrogens with one attached hydrogen (secondary N) is 1. The van der Waals surface area contributed by atoms with Crippen LogP contribution < -0.4 is 4.72 Å². The predicted molar refractivity (Wildman–Crippen MR) is 106 cm³/mol. The minimum absolute atomic E-state index is 0.0747. The Kier molecular flexibility index (Phi) is 5.90. The van der Waals surface area contributed by atoms with Crippen LogP contribution >= 0.6 is 11.3 Å². The standard InChI is InChI=1S/C19H23N3O2S2/c1-15-13-16(2)22(21-15)18(19-9-6-11-25-19)14-20-26(23,24)12-10-17-7-4-3-5-8-17/h3-9,11,13,18,20H,10,12,14H2,1-2H3. The zero-order valence-corrected chi connectivity index (χ0v) is 16.6. The van der Waals surface area contributed by atoms with E-state index in [1.807, 2.05) is 72.4 Å². The highest BCUT2D eigenvalue weighted by Crippen LogP contribution is 2.24. The van der Waals surface area contributed by atoms with E-state index in [4.69, 9.17) is 0 Å². The van der Waals surface area contributed by atoms with Gasteiger partial charge in [-0.15, -0.1) is 11.3 Å². The van der Waals surface area contributed by atoms with Gasteiger partial charge in [0.05, 0.1) is 17.5 Å². The Morgan fingerprint density at radius 2 is 1.92 bits per heavy atom. The molecule has 3 aromatic rings. The Labute approximate surface area is 158 Å². The van der Waals surface area contributed by atoms with Gasteiger partial charge in [0.2, 0.25) is 10.0 Å². The fraction of sp³-hybridized carbons (Fsp3) is 0.316. The van der Waals surface area contributed by atoms with Crippen LogP contribution in [-0.4, -0.2) is 30.5 Å². The summed E-state index contributed by atoms with van der Waals surface area (Å²) in [7, 11) is -3.37. The van der Waals surface area contributed by atoms with Gasteiger partial charge in [0.25, 0.3) is 0 Å². The zero-order valence-electron chi connectivity index (χ0n) is 14.9. The van der Waals surface area contributed by atoms with Gasteiger partial charge in [-0.3, -0.25) is 4.68 Å². The molecule has 1 atom stereocenters. The van der Waals surface area contributed by atoms with Crippen LogP contribution in [0, 0.1) is 13.8 Å². The van der Waals surface area contributed by atoms with E-state index in [0.29, 0.717) is 13.0 Å². The molecule has 0 aliphatic heterocycles. The van der Waals surface area contributed by atoms with E-state index in [0.717, 1.165) is 21.8 Å². The van der Waals surface area contributed by atoms with E-state index in [9.17, 15) is 8.42 Å². The maximum atomic E-state index is 12.5. The first kappa shape index (κ1) is 18.8. The van der Waals surface area contributed by atoms with E-state index in [1.165, 1.54) is 0 Å². The van der Waals surface area contributed by atoms with Gasteiger partial charge < -0.3 is 0 Å². The maximum absolute atomic E-state index is 12.5. The molecule has 0 saturated heterocycles. The number of aryl methyl sites for hydroxylation is 3. The number of hydrogen-bond donors (Lipinski definition) is 1. The summed E-state index contributed by atoms with van der Waals surface area (Å²) in [5, 5.41) is 6.55. The van der Waals surface area contributed by atoms with Crippen LogP contribution in [-0.2, 0) is 16.4 Å². The molecule has 26 heavy (non-hydrogen) atoms. The Bertz CT molecular complexity index is 933. The van der Waals surface area contributed by atoms with Crippen molar-refractivity contribution in [2.75, 3.05) is 12.3 Å². The molecule has 0 spiro atoms. The maximum Gasteiger partial charge on any atom is 0.212 e. The van der Waals surface area contributed by atoms with Crippen molar-refractivity contribution in [3.63, 3.8) is 0 Å². The van der Waals surface area contributed by atoms with Crippen LogP contribution in [0.1, 0.15) is 27.9 Å². The van der Waals surface area contributed by atoms with E-state index < -0.39 is 10.0 Å². The summed E-state index contributed by atoms with van der Waals surface area (Å²) in [5.41, 5.74) is 2.96. The summed E-state index contributed by atoms with van der Waals surface area (Å²) in [6, 6.07) is 15.5. The van der Waals surface area contributed by atoms with Gasteiger partial charge in [-0.25, -0.2) is 13.1 Å². The molecule has 0 bridgehead atoms. The highest BCUT2D eigenvalue weighted by atomic mass is 32.2. The molecular weight excluding hydrogens is 366 g/mol. The zero-order chi connectivity index (χ0) is 18.6. The summed E-state index contributed by atoms with van der Waals surface area (Å²) in [6.07, 6.45) is 0.500. The van der Waals surface area contributed by atoms with Crippen LogP contribution in [0.5, 0.6) is 0 Å². The number of hydrogen-bond acceptors (Lipinski definition) is 4. The lowest BCUT2D eigenvalue weighted by molar-refractivity contribution is 0.499. The fourth-order valence-corrected chi connectivity index (χ4v) is 4.80. The molecular formula is C19H23N3O2S2. The first-order valence-electron chi connectivity index (χ1n) is 8.52. The summed E-state index contributed by atoms with van der Waals surface area (Å²) < 4.78 is 29.6. The predicted octanol–water partition coefficient (Wildman–Crippen LogP) is 3.31. The minimum Gasteiger partial charge on any atom is -0.260 e. The van der Waals surface area contributed by atoms with Crippen LogP contribution in [0.4, 0.5) is 0 Å². The summed E-state index contributed by atoms with van der Waals surface area (Å²) in [4.78, 5) is 1.09. The molecule has 0 amide bonds. The molecule has 1 aromatic carbocycles. The van der Waals surface area contributed by atoms with Crippen molar-refractivity contribution < 1.29 is 8.42 Å². The van der Waals surface area contributed by atoms with Gasteiger partial charge in [0, 0.05) is 17.1 Å². The average molecular weight is 390 g/mol. The number of rotatable bonds is 8. The quantitative estimate of drug-likeness (QED) is 0.643. The Morgan fingerprint density at radius 1 is 1.15 bits per heavy atom. The molecule has 2 heterocycles. The number of thiophene rings is 1. The average Bonchev–Trinajstić information content (AvgIpc) is 3.25. The SMILES string of the molecule is Cc1cc(C)n(C(CNS(=O)(=O)CCc2ccccc2)c2cccs2)n1. The Hall–Kier alpha value is -1.96. The van der Waals surface area contributed by atoms with Gasteiger partial charge in [0.15, 0.2) is 0 Å². The molecule has 138 valence electrons. The van der Waals surface area contributed by atoms with Gasteiger partial charge in [-0.05, 0) is 43.3 Å². The summed E-state index contributed by atoms with van der Waals surface area (Å²) in [6.45, 7) is 4.23. The van der Waals surface area contributed by atoms with Crippen molar-refractivity contribution in [1.29, 1.82) is 0 Å². The van der Waals surface area contributed by atoms with Gasteiger partial charge in [-0.2, -0.15) is 5.10 Å². The molecule has 2 aromatic heterocycles. The van der Waals surface area contributed by atoms with E-state index >= 15 is 0 Å². The van der Waals surface area contributed by atoms with E-state index in [2.05, 4.69) is 9.82 Å². The largest absolute Gasteiger partial charge is 0.260 e. The lowest BCUT2D eigenvalue weighted by atomic mass is 10.2. The molecule has 1 unspecified atom stereocenters. The third kappa shape index (κ3) is 4.81. The first-order chi connectivity index (χ1) is 12.4. The number of aromatic nitrogens is 2. The third-order valence-corrected chi connectivity index (χ3v) is 6.53. The molecule has 7 heteroatoms. The van der Waals surface area contributed by atoms with Crippen molar-refractivity contribution in [3.8, 4) is 0 Å². The smallest absolute Gasteiger partial charge is 0.212 e. The highest BCUT2D eigenvalue weighted by Gasteiger charge is 2.21. The Morgan fingerprint density at radius 3 is 2.54 bits per heavy atom. The topological polar surface area (TPSA) is 64.0 Å². The number of benzene rings is 1. The third-order valence-electron chi connectivity index (χ3n) is 4.21. The minimum atomic E-state index is -3.37. The van der Waals surface area contributed by atoms with Crippen molar-refractivity contribution >= 4 is 21.4 Å². The monoisotopic (exact) mass is 389 g/mol. The lowest BCUT2D eigenvalue weighted by Gasteiger charge is -2.19. The van der Waals surface area contributed by atoms with Crippen molar-refractivity contribution in [2.45, 2.75) is 26.3 Å². The van der Waals surface area contributed by atoms with Crippen molar-refractivity contribution in [1.82, 2.24) is 14.5 Å². The van der Waals surface area contributed by atoms with Crippen molar-refractivity contribution in [3.05, 3.63) is 75.7 Å². The number of nitrogens with zero attached hydrogens (tertiary/aromatic N) is 2. The number of sulfonamides is 1. The molecule has 0 aliphatic rings. The molecule has 0 aliphatic carbocycles. The molecule has 0 saturated carbocycles. The second kappa shape index (κ2) is 8.16. The Balaban J connectivity index is 1.70. The van der Waals surface area contributed by atoms with Crippen LogP contribution in [0.2, 0.25) is 0 Å². The molecule has 0 fully saturated rings. The molecule has 3 rings (SSSR count). The van der Waals surface area contributed by atoms with Crippen molar-refractivity contribution in [2.24, 2.45) is 0 Å². The molecule has 1 N–H and O–H groups in total.